The van der Waals surface area contributed by atoms with E-state index in [1.807, 2.05) is 24.3 Å². The lowest BCUT2D eigenvalue weighted by Gasteiger charge is -2.25. The summed E-state index contributed by atoms with van der Waals surface area (Å²) in [5.41, 5.74) is 3.36. The minimum absolute atomic E-state index is 0.309. The first-order valence-corrected chi connectivity index (χ1v) is 15.2. The van der Waals surface area contributed by atoms with E-state index in [-0.39, 0.29) is 10.9 Å². The molecule has 41 heavy (non-hydrogen) atoms. The van der Waals surface area contributed by atoms with E-state index in [4.69, 9.17) is 14.2 Å². The third-order valence-electron chi connectivity index (χ3n) is 6.51. The summed E-state index contributed by atoms with van der Waals surface area (Å²) in [6.45, 7) is 3.93. The summed E-state index contributed by atoms with van der Waals surface area (Å²) < 4.78 is 16.8. The fourth-order valence-corrected chi connectivity index (χ4v) is 6.59. The average Bonchev–Trinajstić information content (AvgIpc) is 3.03. The van der Waals surface area contributed by atoms with E-state index in [0.717, 1.165) is 41.6 Å². The van der Waals surface area contributed by atoms with Crippen molar-refractivity contribution in [1.29, 1.82) is 0 Å². The average molecular weight is 563 g/mol. The first-order chi connectivity index (χ1) is 20.3. The molecule has 5 rings (SSSR count). The van der Waals surface area contributed by atoms with E-state index in [1.54, 1.807) is 7.11 Å². The lowest BCUT2D eigenvalue weighted by Crippen LogP contribution is -2.10. The van der Waals surface area contributed by atoms with Gasteiger partial charge in [-0.1, -0.05) is 43.3 Å². The number of nitrogens with zero attached hydrogens (tertiary/aromatic N) is 1. The number of hydrogen-bond donors (Lipinski definition) is 0. The van der Waals surface area contributed by atoms with Gasteiger partial charge in [-0.25, -0.2) is 0 Å². The molecule has 0 fully saturated rings. The normalized spacial score (nSPS) is 11.6. The predicted octanol–water partition coefficient (Wildman–Crippen LogP) is 9.07. The molecule has 0 aliphatic rings. The number of methoxy groups -OCH3 is 1. The maximum atomic E-state index is 5.86. The number of para-hydroxylation sites is 2. The van der Waals surface area contributed by atoms with Crippen molar-refractivity contribution >= 4 is 28.0 Å². The largest absolute Gasteiger partial charge is 0.494 e. The molecule has 0 amide bonds. The Hall–Kier alpha value is -4.19. The van der Waals surface area contributed by atoms with Crippen molar-refractivity contribution < 1.29 is 14.2 Å². The fourth-order valence-electron chi connectivity index (χ4n) is 4.55. The van der Waals surface area contributed by atoms with Crippen LogP contribution in [-0.4, -0.2) is 26.9 Å². The maximum absolute atomic E-state index is 5.86. The molecule has 0 radical (unpaired) electrons. The lowest BCUT2D eigenvalue weighted by molar-refractivity contribution is 0.146. The van der Waals surface area contributed by atoms with Crippen molar-refractivity contribution in [3.05, 3.63) is 133 Å². The Morgan fingerprint density at radius 2 is 0.902 bits per heavy atom. The minimum Gasteiger partial charge on any atom is -0.494 e. The molecule has 208 valence electrons. The van der Waals surface area contributed by atoms with Crippen molar-refractivity contribution in [3.8, 4) is 11.5 Å². The van der Waals surface area contributed by atoms with Crippen LogP contribution in [0.3, 0.4) is 0 Å². The van der Waals surface area contributed by atoms with Crippen LogP contribution in [0.1, 0.15) is 13.3 Å². The highest BCUT2D eigenvalue weighted by molar-refractivity contribution is 7.97. The van der Waals surface area contributed by atoms with Crippen LogP contribution in [0.25, 0.3) is 0 Å². The van der Waals surface area contributed by atoms with Crippen LogP contribution < -0.4 is 14.4 Å². The van der Waals surface area contributed by atoms with E-state index in [2.05, 4.69) is 121 Å². The Kier molecular flexibility index (Phi) is 9.99. The smallest absolute Gasteiger partial charge is 0.166 e. The molecule has 5 aromatic carbocycles. The number of ether oxygens (including phenoxy) is 3. The Bertz CT molecular complexity index is 1420. The monoisotopic (exact) mass is 562 g/mol. The van der Waals surface area contributed by atoms with Crippen molar-refractivity contribution in [3.63, 3.8) is 0 Å². The van der Waals surface area contributed by atoms with Gasteiger partial charge in [0.2, 0.25) is 0 Å². The van der Waals surface area contributed by atoms with Crippen molar-refractivity contribution in [1.82, 2.24) is 0 Å². The summed E-state index contributed by atoms with van der Waals surface area (Å²) >= 11 is 0. The maximum Gasteiger partial charge on any atom is 0.166 e. The molecule has 0 aliphatic carbocycles. The molecule has 0 saturated heterocycles. The summed E-state index contributed by atoms with van der Waals surface area (Å²) in [7, 11) is 1.37. The Labute approximate surface area is 246 Å². The summed E-state index contributed by atoms with van der Waals surface area (Å²) in [6, 6.07) is 46.9. The second kappa shape index (κ2) is 14.4. The van der Waals surface area contributed by atoms with Crippen LogP contribution in [0.2, 0.25) is 0 Å². The van der Waals surface area contributed by atoms with Crippen LogP contribution in [0, 0.1) is 0 Å². The molecule has 0 heterocycles. The zero-order chi connectivity index (χ0) is 28.3. The highest BCUT2D eigenvalue weighted by Gasteiger charge is 2.29. The number of rotatable bonds is 13. The lowest BCUT2D eigenvalue weighted by atomic mass is 10.2. The third-order valence-corrected chi connectivity index (χ3v) is 8.74. The Morgan fingerprint density at radius 3 is 1.34 bits per heavy atom. The van der Waals surface area contributed by atoms with Gasteiger partial charge in [-0.2, -0.15) is 0 Å². The summed E-state index contributed by atoms with van der Waals surface area (Å²) in [5.74, 6) is 1.74. The second-order valence-electron chi connectivity index (χ2n) is 9.44. The molecule has 1 atom stereocenters. The van der Waals surface area contributed by atoms with E-state index < -0.39 is 0 Å². The molecule has 5 aromatic rings. The summed E-state index contributed by atoms with van der Waals surface area (Å²) in [6.07, 6.45) is 0.986. The number of benzene rings is 5. The van der Waals surface area contributed by atoms with Gasteiger partial charge in [0.1, 0.15) is 18.1 Å². The number of hydrogen-bond acceptors (Lipinski definition) is 4. The highest BCUT2D eigenvalue weighted by Crippen LogP contribution is 2.37. The molecule has 0 bridgehead atoms. The molecular weight excluding hydrogens is 526 g/mol. The van der Waals surface area contributed by atoms with Crippen molar-refractivity contribution in [2.45, 2.75) is 28.0 Å². The Morgan fingerprint density at radius 1 is 0.488 bits per heavy atom. The molecule has 5 heteroatoms. The predicted molar refractivity (Wildman–Crippen MR) is 169 cm³/mol. The molecule has 1 unspecified atom stereocenters. The highest BCUT2D eigenvalue weighted by atomic mass is 32.2. The fraction of sp³-hybridized carbons (Fsp3) is 0.167. The van der Waals surface area contributed by atoms with Crippen LogP contribution >= 0.6 is 0 Å². The SMILES string of the molecule is CCCOc1ccc([S+](c2ccc(OCCOC)cc2)c2ccc(N(c3ccccc3)c3ccccc3)cc2)cc1. The van der Waals surface area contributed by atoms with Gasteiger partial charge in [0.25, 0.3) is 0 Å². The van der Waals surface area contributed by atoms with Gasteiger partial charge < -0.3 is 19.1 Å². The topological polar surface area (TPSA) is 30.9 Å². The van der Waals surface area contributed by atoms with Gasteiger partial charge in [-0.05, 0) is 103 Å². The van der Waals surface area contributed by atoms with E-state index >= 15 is 0 Å². The van der Waals surface area contributed by atoms with Gasteiger partial charge in [-0.3, -0.25) is 0 Å². The molecule has 0 spiro atoms. The van der Waals surface area contributed by atoms with Gasteiger partial charge >= 0.3 is 0 Å². The quantitative estimate of drug-likeness (QED) is 0.106. The van der Waals surface area contributed by atoms with Crippen molar-refractivity contribution in [2.24, 2.45) is 0 Å². The summed E-state index contributed by atoms with van der Waals surface area (Å²) in [4.78, 5) is 5.98. The van der Waals surface area contributed by atoms with E-state index in [9.17, 15) is 0 Å². The summed E-state index contributed by atoms with van der Waals surface area (Å²) in [5, 5.41) is 0. The van der Waals surface area contributed by atoms with Crippen LogP contribution in [0.4, 0.5) is 17.1 Å². The number of anilines is 3. The zero-order valence-corrected chi connectivity index (χ0v) is 24.4. The molecule has 0 aliphatic heterocycles. The third kappa shape index (κ3) is 7.31. The first kappa shape index (κ1) is 28.3. The molecule has 0 aromatic heterocycles. The molecule has 4 nitrogen and oxygen atoms in total. The van der Waals surface area contributed by atoms with Crippen LogP contribution in [0.15, 0.2) is 148 Å². The van der Waals surface area contributed by atoms with Gasteiger partial charge in [0, 0.05) is 24.2 Å². The van der Waals surface area contributed by atoms with E-state index in [0.29, 0.717) is 13.2 Å². The van der Waals surface area contributed by atoms with Gasteiger partial charge in [0.15, 0.2) is 14.7 Å². The van der Waals surface area contributed by atoms with Crippen molar-refractivity contribution in [2.75, 3.05) is 31.8 Å². The minimum atomic E-state index is -0.309. The Balaban J connectivity index is 1.49. The van der Waals surface area contributed by atoms with E-state index in [1.165, 1.54) is 14.7 Å². The first-order valence-electron chi connectivity index (χ1n) is 14.0. The van der Waals surface area contributed by atoms with Gasteiger partial charge in [-0.15, -0.1) is 0 Å². The molecular formula is C36H36NO3S+. The molecule has 0 saturated carbocycles. The van der Waals surface area contributed by atoms with Gasteiger partial charge in [0.05, 0.1) is 24.1 Å². The van der Waals surface area contributed by atoms with Crippen LogP contribution in [0.5, 0.6) is 11.5 Å². The zero-order valence-electron chi connectivity index (χ0n) is 23.6. The van der Waals surface area contributed by atoms with Crippen LogP contribution in [-0.2, 0) is 15.6 Å². The molecule has 0 N–H and O–H groups in total. The standard InChI is InChI=1S/C36H36NO3S/c1-3-26-39-32-16-22-35(23-17-32)41(36-24-18-33(19-25-36)40-28-27-38-2)34-20-14-31(15-21-34)37(29-10-6-4-7-11-29)30-12-8-5-9-13-30/h4-25H,3,26-28H2,1-2H3/q+1. The second-order valence-corrected chi connectivity index (χ2v) is 11.5.